The summed E-state index contributed by atoms with van der Waals surface area (Å²) < 4.78 is 1.89. The van der Waals surface area contributed by atoms with E-state index in [1.807, 2.05) is 40.0 Å². The second kappa shape index (κ2) is 8.56. The van der Waals surface area contributed by atoms with Crippen LogP contribution < -0.4 is 10.6 Å². The summed E-state index contributed by atoms with van der Waals surface area (Å²) in [7, 11) is 0. The van der Waals surface area contributed by atoms with Crippen LogP contribution in [0.15, 0.2) is 36.5 Å². The average Bonchev–Trinajstić information content (AvgIpc) is 3.21. The SMILES string of the molecule is O=C(Nc1cccc(CN2CCCCC2=O)c1)c1ccn(C2CCCNC2)n1. The first-order valence-electron chi connectivity index (χ1n) is 10.1. The Labute approximate surface area is 165 Å². The topological polar surface area (TPSA) is 79.3 Å². The summed E-state index contributed by atoms with van der Waals surface area (Å²) >= 11 is 0. The molecule has 0 aliphatic carbocycles. The molecule has 7 heteroatoms. The second-order valence-electron chi connectivity index (χ2n) is 7.61. The van der Waals surface area contributed by atoms with Crippen LogP contribution >= 0.6 is 0 Å². The van der Waals surface area contributed by atoms with E-state index < -0.39 is 0 Å². The number of carbonyl (C=O) groups excluding carboxylic acids is 2. The molecule has 2 aromatic rings. The lowest BCUT2D eigenvalue weighted by Crippen LogP contribution is -2.34. The van der Waals surface area contributed by atoms with Gasteiger partial charge in [-0.3, -0.25) is 14.3 Å². The zero-order valence-corrected chi connectivity index (χ0v) is 16.1. The molecule has 3 heterocycles. The molecular formula is C21H27N5O2. The van der Waals surface area contributed by atoms with Crippen LogP contribution in [0.25, 0.3) is 0 Å². The Morgan fingerprint density at radius 3 is 3.00 bits per heavy atom. The van der Waals surface area contributed by atoms with Crippen LogP contribution in [0, 0.1) is 0 Å². The molecule has 0 bridgehead atoms. The van der Waals surface area contributed by atoms with Gasteiger partial charge in [-0.15, -0.1) is 0 Å². The highest BCUT2D eigenvalue weighted by atomic mass is 16.2. The number of hydrogen-bond acceptors (Lipinski definition) is 4. The van der Waals surface area contributed by atoms with Gasteiger partial charge in [-0.1, -0.05) is 12.1 Å². The largest absolute Gasteiger partial charge is 0.338 e. The van der Waals surface area contributed by atoms with Crippen LogP contribution in [-0.4, -0.2) is 46.1 Å². The highest BCUT2D eigenvalue weighted by Crippen LogP contribution is 2.19. The molecule has 0 radical (unpaired) electrons. The van der Waals surface area contributed by atoms with E-state index in [1.165, 1.54) is 0 Å². The third kappa shape index (κ3) is 4.42. The van der Waals surface area contributed by atoms with Gasteiger partial charge in [0.25, 0.3) is 5.91 Å². The van der Waals surface area contributed by atoms with Crippen molar-refractivity contribution in [2.24, 2.45) is 0 Å². The molecule has 2 aliphatic rings. The Balaban J connectivity index is 1.39. The molecule has 1 atom stereocenters. The van der Waals surface area contributed by atoms with Gasteiger partial charge in [0.15, 0.2) is 5.69 Å². The molecule has 2 saturated heterocycles. The lowest BCUT2D eigenvalue weighted by Gasteiger charge is -2.26. The Kier molecular flexibility index (Phi) is 5.71. The molecule has 2 fully saturated rings. The molecule has 2 aliphatic heterocycles. The minimum absolute atomic E-state index is 0.212. The van der Waals surface area contributed by atoms with E-state index in [0.29, 0.717) is 24.7 Å². The van der Waals surface area contributed by atoms with Crippen molar-refractivity contribution in [3.8, 4) is 0 Å². The van der Waals surface area contributed by atoms with Crippen molar-refractivity contribution >= 4 is 17.5 Å². The molecule has 4 rings (SSSR count). The molecular weight excluding hydrogens is 354 g/mol. The molecule has 1 aromatic carbocycles. The standard InChI is InChI=1S/C21H27N5O2/c27-20-8-1-2-11-25(20)15-16-5-3-6-17(13-16)23-21(28)19-9-12-26(24-19)18-7-4-10-22-14-18/h3,5-6,9,12-13,18,22H,1-2,4,7-8,10-11,14-15H2,(H,23,28). The van der Waals surface area contributed by atoms with Gasteiger partial charge in [0.2, 0.25) is 5.91 Å². The van der Waals surface area contributed by atoms with E-state index in [1.54, 1.807) is 6.07 Å². The Morgan fingerprint density at radius 2 is 2.18 bits per heavy atom. The van der Waals surface area contributed by atoms with E-state index >= 15 is 0 Å². The normalized spacial score (nSPS) is 20.2. The second-order valence-corrected chi connectivity index (χ2v) is 7.61. The summed E-state index contributed by atoms with van der Waals surface area (Å²) in [6.07, 6.45) is 6.75. The van der Waals surface area contributed by atoms with Crippen LogP contribution in [0.5, 0.6) is 0 Å². The first-order valence-corrected chi connectivity index (χ1v) is 10.1. The highest BCUT2D eigenvalue weighted by molar-refractivity contribution is 6.02. The molecule has 0 saturated carbocycles. The summed E-state index contributed by atoms with van der Waals surface area (Å²) in [6, 6.07) is 9.76. The lowest BCUT2D eigenvalue weighted by atomic mass is 10.1. The number of nitrogens with one attached hydrogen (secondary N) is 2. The number of aromatic nitrogens is 2. The molecule has 1 unspecified atom stereocenters. The van der Waals surface area contributed by atoms with E-state index in [-0.39, 0.29) is 11.8 Å². The van der Waals surface area contributed by atoms with E-state index in [0.717, 1.165) is 56.6 Å². The zero-order chi connectivity index (χ0) is 19.3. The van der Waals surface area contributed by atoms with Crippen molar-refractivity contribution in [1.29, 1.82) is 0 Å². The number of amides is 2. The number of rotatable bonds is 5. The number of carbonyl (C=O) groups is 2. The number of nitrogens with zero attached hydrogens (tertiary/aromatic N) is 3. The van der Waals surface area contributed by atoms with Crippen molar-refractivity contribution in [3.63, 3.8) is 0 Å². The maximum absolute atomic E-state index is 12.6. The maximum Gasteiger partial charge on any atom is 0.276 e. The van der Waals surface area contributed by atoms with Crippen molar-refractivity contribution in [2.45, 2.75) is 44.7 Å². The van der Waals surface area contributed by atoms with Crippen molar-refractivity contribution in [2.75, 3.05) is 25.0 Å². The summed E-state index contributed by atoms with van der Waals surface area (Å²) in [6.45, 7) is 3.33. The number of anilines is 1. The minimum Gasteiger partial charge on any atom is -0.338 e. The van der Waals surface area contributed by atoms with Crippen LogP contribution in [0.3, 0.4) is 0 Å². The smallest absolute Gasteiger partial charge is 0.276 e. The molecule has 148 valence electrons. The van der Waals surface area contributed by atoms with Gasteiger partial charge >= 0.3 is 0 Å². The van der Waals surface area contributed by atoms with Gasteiger partial charge in [-0.25, -0.2) is 0 Å². The van der Waals surface area contributed by atoms with Gasteiger partial charge in [-0.2, -0.15) is 5.10 Å². The van der Waals surface area contributed by atoms with Crippen molar-refractivity contribution in [3.05, 3.63) is 47.8 Å². The van der Waals surface area contributed by atoms with Crippen LogP contribution in [0.1, 0.15) is 54.2 Å². The van der Waals surface area contributed by atoms with Gasteiger partial charge in [0, 0.05) is 37.9 Å². The Hall–Kier alpha value is -2.67. The fourth-order valence-electron chi connectivity index (χ4n) is 3.91. The average molecular weight is 381 g/mol. The van der Waals surface area contributed by atoms with E-state index in [4.69, 9.17) is 0 Å². The molecule has 1 aromatic heterocycles. The van der Waals surface area contributed by atoms with E-state index in [9.17, 15) is 9.59 Å². The number of likely N-dealkylation sites (tertiary alicyclic amines) is 1. The van der Waals surface area contributed by atoms with Crippen molar-refractivity contribution in [1.82, 2.24) is 20.0 Å². The molecule has 7 nitrogen and oxygen atoms in total. The molecule has 2 amide bonds. The van der Waals surface area contributed by atoms with Gasteiger partial charge in [-0.05, 0) is 56.0 Å². The molecule has 0 spiro atoms. The Bertz CT molecular complexity index is 841. The summed E-state index contributed by atoms with van der Waals surface area (Å²) in [5, 5.41) is 10.8. The summed E-state index contributed by atoms with van der Waals surface area (Å²) in [4.78, 5) is 26.5. The number of piperidine rings is 2. The highest BCUT2D eigenvalue weighted by Gasteiger charge is 2.19. The van der Waals surface area contributed by atoms with Gasteiger partial charge in [0.05, 0.1) is 6.04 Å². The van der Waals surface area contributed by atoms with Gasteiger partial charge in [0.1, 0.15) is 0 Å². The first kappa shape index (κ1) is 18.7. The minimum atomic E-state index is -0.214. The van der Waals surface area contributed by atoms with Crippen LogP contribution in [-0.2, 0) is 11.3 Å². The van der Waals surface area contributed by atoms with Gasteiger partial charge < -0.3 is 15.5 Å². The monoisotopic (exact) mass is 381 g/mol. The third-order valence-corrected chi connectivity index (χ3v) is 5.47. The number of hydrogen-bond donors (Lipinski definition) is 2. The molecule has 2 N–H and O–H groups in total. The predicted molar refractivity (Wildman–Crippen MR) is 107 cm³/mol. The molecule has 28 heavy (non-hydrogen) atoms. The van der Waals surface area contributed by atoms with Crippen LogP contribution in [0.2, 0.25) is 0 Å². The number of benzene rings is 1. The quantitative estimate of drug-likeness (QED) is 0.834. The van der Waals surface area contributed by atoms with Crippen LogP contribution in [0.4, 0.5) is 5.69 Å². The third-order valence-electron chi connectivity index (χ3n) is 5.47. The first-order chi connectivity index (χ1) is 13.7. The van der Waals surface area contributed by atoms with Crippen molar-refractivity contribution < 1.29 is 9.59 Å². The fraction of sp³-hybridized carbons (Fsp3) is 0.476. The lowest BCUT2D eigenvalue weighted by molar-refractivity contribution is -0.133. The maximum atomic E-state index is 12.6. The van der Waals surface area contributed by atoms with E-state index in [2.05, 4.69) is 15.7 Å². The zero-order valence-electron chi connectivity index (χ0n) is 16.1. The predicted octanol–water partition coefficient (Wildman–Crippen LogP) is 2.57. The summed E-state index contributed by atoms with van der Waals surface area (Å²) in [5.74, 6) is -0.00264. The fourth-order valence-corrected chi connectivity index (χ4v) is 3.91. The summed E-state index contributed by atoms with van der Waals surface area (Å²) in [5.41, 5.74) is 2.16. The Morgan fingerprint density at radius 1 is 1.25 bits per heavy atom.